The van der Waals surface area contributed by atoms with Gasteiger partial charge in [0.15, 0.2) is 0 Å². The summed E-state index contributed by atoms with van der Waals surface area (Å²) in [6.07, 6.45) is 1.78. The zero-order chi connectivity index (χ0) is 12.1. The average Bonchev–Trinajstić information content (AvgIpc) is 2.82. The Kier molecular flexibility index (Phi) is 3.48. The van der Waals surface area contributed by atoms with Crippen molar-refractivity contribution in [1.82, 2.24) is 4.98 Å². The molecule has 1 amide bonds. The predicted octanol–water partition coefficient (Wildman–Crippen LogP) is 2.20. The van der Waals surface area contributed by atoms with Crippen LogP contribution in [0.15, 0.2) is 35.8 Å². The SMILES string of the molecule is N#Cc1ccc(NC(=O)Cc2cccs2)nc1. The molecule has 84 valence electrons. The molecule has 2 heterocycles. The van der Waals surface area contributed by atoms with Crippen LogP contribution in [0, 0.1) is 11.3 Å². The highest BCUT2D eigenvalue weighted by molar-refractivity contribution is 7.10. The van der Waals surface area contributed by atoms with Crippen LogP contribution >= 0.6 is 11.3 Å². The Balaban J connectivity index is 1.96. The second kappa shape index (κ2) is 5.23. The summed E-state index contributed by atoms with van der Waals surface area (Å²) in [5, 5.41) is 13.2. The Labute approximate surface area is 103 Å². The molecule has 0 saturated carbocycles. The fourth-order valence-electron chi connectivity index (χ4n) is 1.29. The van der Waals surface area contributed by atoms with E-state index in [1.165, 1.54) is 6.20 Å². The lowest BCUT2D eigenvalue weighted by molar-refractivity contribution is -0.115. The molecule has 2 aromatic rings. The average molecular weight is 243 g/mol. The number of anilines is 1. The van der Waals surface area contributed by atoms with Crippen LogP contribution in [-0.2, 0) is 11.2 Å². The summed E-state index contributed by atoms with van der Waals surface area (Å²) < 4.78 is 0. The lowest BCUT2D eigenvalue weighted by Gasteiger charge is -2.02. The summed E-state index contributed by atoms with van der Waals surface area (Å²) in [7, 11) is 0. The molecular formula is C12H9N3OS. The number of carbonyl (C=O) groups excluding carboxylic acids is 1. The zero-order valence-electron chi connectivity index (χ0n) is 8.88. The second-order valence-corrected chi connectivity index (χ2v) is 4.38. The molecule has 0 fully saturated rings. The summed E-state index contributed by atoms with van der Waals surface area (Å²) in [5.41, 5.74) is 0.473. The molecule has 0 aromatic carbocycles. The van der Waals surface area contributed by atoms with Gasteiger partial charge in [0, 0.05) is 11.1 Å². The topological polar surface area (TPSA) is 65.8 Å². The summed E-state index contributed by atoms with van der Waals surface area (Å²) in [5.74, 6) is 0.357. The van der Waals surface area contributed by atoms with E-state index in [1.54, 1.807) is 23.5 Å². The standard InChI is InChI=1S/C12H9N3OS/c13-7-9-3-4-11(14-8-9)15-12(16)6-10-2-1-5-17-10/h1-5,8H,6H2,(H,14,15,16). The quantitative estimate of drug-likeness (QED) is 0.898. The maximum atomic E-state index is 11.6. The maximum absolute atomic E-state index is 11.6. The number of nitrogens with one attached hydrogen (secondary N) is 1. The number of nitrogens with zero attached hydrogens (tertiary/aromatic N) is 2. The first-order valence-corrected chi connectivity index (χ1v) is 5.84. The molecule has 0 bridgehead atoms. The van der Waals surface area contributed by atoms with Gasteiger partial charge in [-0.15, -0.1) is 11.3 Å². The van der Waals surface area contributed by atoms with Gasteiger partial charge in [-0.1, -0.05) is 6.07 Å². The molecular weight excluding hydrogens is 234 g/mol. The number of nitriles is 1. The van der Waals surface area contributed by atoms with Gasteiger partial charge in [-0.25, -0.2) is 4.98 Å². The van der Waals surface area contributed by atoms with E-state index in [4.69, 9.17) is 5.26 Å². The number of hydrogen-bond donors (Lipinski definition) is 1. The van der Waals surface area contributed by atoms with Gasteiger partial charge in [0.2, 0.25) is 5.91 Å². The van der Waals surface area contributed by atoms with Crippen molar-refractivity contribution in [3.63, 3.8) is 0 Å². The van der Waals surface area contributed by atoms with Gasteiger partial charge in [0.05, 0.1) is 12.0 Å². The number of hydrogen-bond acceptors (Lipinski definition) is 4. The van der Waals surface area contributed by atoms with Gasteiger partial charge in [-0.3, -0.25) is 4.79 Å². The number of carbonyl (C=O) groups is 1. The van der Waals surface area contributed by atoms with Gasteiger partial charge in [-0.2, -0.15) is 5.26 Å². The van der Waals surface area contributed by atoms with Crippen molar-refractivity contribution < 1.29 is 4.79 Å². The third-order valence-corrected chi connectivity index (χ3v) is 2.95. The number of thiophene rings is 1. The molecule has 0 aliphatic rings. The third-order valence-electron chi connectivity index (χ3n) is 2.07. The van der Waals surface area contributed by atoms with Crippen molar-refractivity contribution in [2.75, 3.05) is 5.32 Å². The van der Waals surface area contributed by atoms with E-state index < -0.39 is 0 Å². The second-order valence-electron chi connectivity index (χ2n) is 3.35. The van der Waals surface area contributed by atoms with Crippen LogP contribution in [0.5, 0.6) is 0 Å². The minimum Gasteiger partial charge on any atom is -0.310 e. The molecule has 4 nitrogen and oxygen atoms in total. The Hall–Kier alpha value is -2.19. The van der Waals surface area contributed by atoms with E-state index in [0.29, 0.717) is 17.8 Å². The molecule has 0 saturated heterocycles. The van der Waals surface area contributed by atoms with Crippen LogP contribution < -0.4 is 5.32 Å². The highest BCUT2D eigenvalue weighted by Gasteiger charge is 2.05. The van der Waals surface area contributed by atoms with E-state index >= 15 is 0 Å². The zero-order valence-corrected chi connectivity index (χ0v) is 9.70. The molecule has 0 radical (unpaired) electrons. The van der Waals surface area contributed by atoms with Crippen molar-refractivity contribution in [3.8, 4) is 6.07 Å². The molecule has 0 unspecified atom stereocenters. The Morgan fingerprint density at radius 2 is 2.35 bits per heavy atom. The van der Waals surface area contributed by atoms with Crippen LogP contribution in [0.4, 0.5) is 5.82 Å². The van der Waals surface area contributed by atoms with Crippen molar-refractivity contribution in [1.29, 1.82) is 5.26 Å². The molecule has 0 spiro atoms. The summed E-state index contributed by atoms with van der Waals surface area (Å²) in [6.45, 7) is 0. The van der Waals surface area contributed by atoms with Gasteiger partial charge in [0.1, 0.15) is 11.9 Å². The summed E-state index contributed by atoms with van der Waals surface area (Å²) in [6, 6.07) is 9.03. The lowest BCUT2D eigenvalue weighted by Crippen LogP contribution is -2.14. The van der Waals surface area contributed by atoms with Crippen molar-refractivity contribution in [2.24, 2.45) is 0 Å². The van der Waals surface area contributed by atoms with Crippen LogP contribution in [0.25, 0.3) is 0 Å². The smallest absolute Gasteiger partial charge is 0.230 e. The third kappa shape index (κ3) is 3.13. The normalized spacial score (nSPS) is 9.59. The van der Waals surface area contributed by atoms with Crippen molar-refractivity contribution in [2.45, 2.75) is 6.42 Å². The maximum Gasteiger partial charge on any atom is 0.230 e. The van der Waals surface area contributed by atoms with E-state index in [1.807, 2.05) is 23.6 Å². The van der Waals surface area contributed by atoms with Gasteiger partial charge in [-0.05, 0) is 23.6 Å². The van der Waals surface area contributed by atoms with Gasteiger partial charge in [0.25, 0.3) is 0 Å². The van der Waals surface area contributed by atoms with Crippen molar-refractivity contribution in [3.05, 3.63) is 46.3 Å². The molecule has 2 rings (SSSR count). The van der Waals surface area contributed by atoms with Gasteiger partial charge >= 0.3 is 0 Å². The van der Waals surface area contributed by atoms with E-state index in [-0.39, 0.29) is 5.91 Å². The molecule has 0 atom stereocenters. The number of amides is 1. The van der Waals surface area contributed by atoms with Gasteiger partial charge < -0.3 is 5.32 Å². The van der Waals surface area contributed by atoms with Crippen LogP contribution in [0.3, 0.4) is 0 Å². The highest BCUT2D eigenvalue weighted by Crippen LogP contribution is 2.10. The highest BCUT2D eigenvalue weighted by atomic mass is 32.1. The monoisotopic (exact) mass is 243 g/mol. The first-order valence-electron chi connectivity index (χ1n) is 4.96. The number of pyridine rings is 1. The van der Waals surface area contributed by atoms with Crippen LogP contribution in [-0.4, -0.2) is 10.9 Å². The fourth-order valence-corrected chi connectivity index (χ4v) is 2.00. The van der Waals surface area contributed by atoms with Crippen LogP contribution in [0.2, 0.25) is 0 Å². The Bertz CT molecular complexity index is 540. The van der Waals surface area contributed by atoms with E-state index in [2.05, 4.69) is 10.3 Å². The summed E-state index contributed by atoms with van der Waals surface area (Å²) >= 11 is 1.54. The van der Waals surface area contributed by atoms with Crippen molar-refractivity contribution >= 4 is 23.1 Å². The largest absolute Gasteiger partial charge is 0.310 e. The molecule has 0 aliphatic carbocycles. The first kappa shape index (κ1) is 11.3. The van der Waals surface area contributed by atoms with E-state index in [0.717, 1.165) is 4.88 Å². The number of aromatic nitrogens is 1. The first-order chi connectivity index (χ1) is 8.28. The van der Waals surface area contributed by atoms with E-state index in [9.17, 15) is 4.79 Å². The molecule has 1 N–H and O–H groups in total. The Morgan fingerprint density at radius 1 is 1.47 bits per heavy atom. The molecule has 2 aromatic heterocycles. The molecule has 5 heteroatoms. The lowest BCUT2D eigenvalue weighted by atomic mass is 10.3. The fraction of sp³-hybridized carbons (Fsp3) is 0.0833. The Morgan fingerprint density at radius 3 is 2.94 bits per heavy atom. The molecule has 0 aliphatic heterocycles. The predicted molar refractivity (Wildman–Crippen MR) is 65.6 cm³/mol. The molecule has 17 heavy (non-hydrogen) atoms. The number of rotatable bonds is 3. The minimum atomic E-state index is -0.107. The minimum absolute atomic E-state index is 0.107. The van der Waals surface area contributed by atoms with Crippen LogP contribution in [0.1, 0.15) is 10.4 Å². The summed E-state index contributed by atoms with van der Waals surface area (Å²) in [4.78, 5) is 16.6.